The quantitative estimate of drug-likeness (QED) is 0.137. The zero-order valence-electron chi connectivity index (χ0n) is 25.8. The van der Waals surface area contributed by atoms with Gasteiger partial charge in [0, 0.05) is 28.9 Å². The molecule has 0 bridgehead atoms. The van der Waals surface area contributed by atoms with Crippen LogP contribution in [0.1, 0.15) is 6.42 Å². The van der Waals surface area contributed by atoms with E-state index in [1.165, 1.54) is 31.8 Å². The van der Waals surface area contributed by atoms with E-state index in [-0.39, 0.29) is 0 Å². The zero-order chi connectivity index (χ0) is 31.2. The fraction of sp³-hybridized carbons (Fsp3) is 0.122. The van der Waals surface area contributed by atoms with Crippen molar-refractivity contribution < 1.29 is 0 Å². The lowest BCUT2D eigenvalue weighted by Crippen LogP contribution is -2.38. The molecule has 0 spiro atoms. The van der Waals surface area contributed by atoms with Gasteiger partial charge in [-0.05, 0) is 49.6 Å². The second-order valence-corrected chi connectivity index (χ2v) is 20.8. The van der Waals surface area contributed by atoms with Crippen molar-refractivity contribution in [3.63, 3.8) is 0 Å². The predicted molar refractivity (Wildman–Crippen MR) is 208 cm³/mol. The third-order valence-corrected chi connectivity index (χ3v) is 19.4. The molecule has 1 nitrogen and oxygen atoms in total. The highest BCUT2D eigenvalue weighted by molar-refractivity contribution is 8.20. The first-order valence-corrected chi connectivity index (χ1v) is 21.7. The molecule has 0 N–H and O–H groups in total. The Balaban J connectivity index is 1.38. The van der Waals surface area contributed by atoms with Gasteiger partial charge >= 0.3 is 0 Å². The fourth-order valence-corrected chi connectivity index (χ4v) is 17.0. The van der Waals surface area contributed by atoms with Crippen LogP contribution in [-0.4, -0.2) is 29.1 Å². The lowest BCUT2D eigenvalue weighted by Gasteiger charge is -2.39. The van der Waals surface area contributed by atoms with Gasteiger partial charge in [-0.15, -0.1) is 0 Å². The van der Waals surface area contributed by atoms with Crippen LogP contribution in [0.5, 0.6) is 0 Å². The van der Waals surface area contributed by atoms with Crippen molar-refractivity contribution in [3.05, 3.63) is 182 Å². The normalized spacial score (nSPS) is 17.0. The molecule has 1 heterocycles. The van der Waals surface area contributed by atoms with Crippen molar-refractivity contribution in [1.29, 1.82) is 0 Å². The van der Waals surface area contributed by atoms with Crippen LogP contribution in [-0.2, 0) is 11.8 Å². The van der Waals surface area contributed by atoms with Gasteiger partial charge in [-0.25, -0.2) is 0 Å². The summed E-state index contributed by atoms with van der Waals surface area (Å²) in [5.74, 6) is 0. The number of hydrogen-bond donors (Lipinski definition) is 0. The molecule has 1 aliphatic rings. The Hall–Kier alpha value is -3.21. The van der Waals surface area contributed by atoms with E-state index in [1.807, 2.05) is 0 Å². The molecule has 0 aliphatic carbocycles. The maximum atomic E-state index is 7.08. The van der Waals surface area contributed by atoms with E-state index in [9.17, 15) is 0 Å². The number of benzene rings is 6. The van der Waals surface area contributed by atoms with Gasteiger partial charge in [0.25, 0.3) is 0 Å². The van der Waals surface area contributed by atoms with Crippen molar-refractivity contribution in [2.75, 3.05) is 12.7 Å². The molecule has 6 aromatic rings. The van der Waals surface area contributed by atoms with Crippen LogP contribution in [0, 0.1) is 0 Å². The number of hydrogen-bond acceptors (Lipinski definition) is 1. The smallest absolute Gasteiger partial charge is 0.0712 e. The van der Waals surface area contributed by atoms with Gasteiger partial charge in [0.2, 0.25) is 0 Å². The molecule has 1 fully saturated rings. The monoisotopic (exact) mass is 669 g/mol. The van der Waals surface area contributed by atoms with E-state index in [0.717, 1.165) is 19.1 Å². The Morgan fingerprint density at radius 1 is 0.500 bits per heavy atom. The largest absolute Gasteiger partial charge is 0.264 e. The fourth-order valence-electron chi connectivity index (χ4n) is 6.82. The van der Waals surface area contributed by atoms with Crippen molar-refractivity contribution in [2.45, 2.75) is 18.1 Å². The van der Waals surface area contributed by atoms with Crippen molar-refractivity contribution in [3.8, 4) is 0 Å². The first-order chi connectivity index (χ1) is 22.7. The maximum absolute atomic E-state index is 7.08. The van der Waals surface area contributed by atoms with E-state index in [4.69, 9.17) is 11.8 Å². The van der Waals surface area contributed by atoms with Crippen LogP contribution in [0.25, 0.3) is 0 Å². The lowest BCUT2D eigenvalue weighted by molar-refractivity contribution is 0.462. The van der Waals surface area contributed by atoms with Crippen molar-refractivity contribution in [1.82, 2.24) is 4.67 Å². The van der Waals surface area contributed by atoms with Gasteiger partial charge in [0.15, 0.2) is 0 Å². The second-order valence-electron chi connectivity index (χ2n) is 11.7. The Morgan fingerprint density at radius 3 is 1.24 bits per heavy atom. The minimum absolute atomic E-state index is 0.347. The molecule has 7 rings (SSSR count). The first kappa shape index (κ1) is 31.4. The van der Waals surface area contributed by atoms with E-state index < -0.39 is 22.0 Å². The molecule has 0 amide bonds. The summed E-state index contributed by atoms with van der Waals surface area (Å²) in [7, 11) is -1.17. The molecule has 0 saturated carbocycles. The number of nitrogens with zero attached hydrogens (tertiary/aromatic N) is 1. The summed E-state index contributed by atoms with van der Waals surface area (Å²) in [6.07, 6.45) is -0.121. The summed E-state index contributed by atoms with van der Waals surface area (Å²) < 4.78 is 2.83. The summed E-state index contributed by atoms with van der Waals surface area (Å²) in [5.41, 5.74) is 0.489. The van der Waals surface area contributed by atoms with E-state index in [2.05, 4.69) is 187 Å². The number of rotatable bonds is 10. The molecule has 0 aromatic heterocycles. The van der Waals surface area contributed by atoms with Crippen LogP contribution in [0.3, 0.4) is 0 Å². The minimum Gasteiger partial charge on any atom is -0.264 e. The molecule has 1 aliphatic heterocycles. The average Bonchev–Trinajstić information content (AvgIpc) is 3.56. The van der Waals surface area contributed by atoms with E-state index in [0.29, 0.717) is 11.7 Å². The molecule has 228 valence electrons. The van der Waals surface area contributed by atoms with Crippen molar-refractivity contribution in [2.24, 2.45) is 0 Å². The van der Waals surface area contributed by atoms with Crippen molar-refractivity contribution >= 4 is 65.7 Å². The highest BCUT2D eigenvalue weighted by Crippen LogP contribution is 2.58. The third kappa shape index (κ3) is 6.62. The van der Waals surface area contributed by atoms with Gasteiger partial charge in [-0.3, -0.25) is 4.67 Å². The highest BCUT2D eigenvalue weighted by atomic mass is 32.4. The Kier molecular flexibility index (Phi) is 10.0. The van der Waals surface area contributed by atoms with Gasteiger partial charge in [-0.1, -0.05) is 194 Å². The van der Waals surface area contributed by atoms with Crippen LogP contribution in [0.4, 0.5) is 0 Å². The van der Waals surface area contributed by atoms with Gasteiger partial charge in [0.05, 0.1) is 6.19 Å². The third-order valence-electron chi connectivity index (χ3n) is 8.90. The molecule has 5 heteroatoms. The Labute approximate surface area is 281 Å². The van der Waals surface area contributed by atoms with Crippen LogP contribution in [0.2, 0.25) is 0 Å². The summed E-state index contributed by atoms with van der Waals surface area (Å²) >= 11 is 7.08. The van der Waals surface area contributed by atoms with Gasteiger partial charge in [0.1, 0.15) is 0 Å². The summed E-state index contributed by atoms with van der Waals surface area (Å²) in [6.45, 7) is 0.994. The van der Waals surface area contributed by atoms with Crippen LogP contribution < -0.4 is 31.8 Å². The van der Waals surface area contributed by atoms with Crippen LogP contribution >= 0.6 is 22.0 Å². The predicted octanol–water partition coefficient (Wildman–Crippen LogP) is 7.74. The minimum atomic E-state index is -2.34. The molecular formula is C41H38NP3S. The molecule has 0 radical (unpaired) electrons. The molecule has 46 heavy (non-hydrogen) atoms. The Morgan fingerprint density at radius 2 is 0.848 bits per heavy atom. The summed E-state index contributed by atoms with van der Waals surface area (Å²) in [6, 6.07) is 67.3. The van der Waals surface area contributed by atoms with Gasteiger partial charge in [-0.2, -0.15) is 0 Å². The molecule has 2 atom stereocenters. The van der Waals surface area contributed by atoms with E-state index in [1.54, 1.807) is 0 Å². The molecule has 6 aromatic carbocycles. The average molecular weight is 670 g/mol. The molecular weight excluding hydrogens is 631 g/mol. The van der Waals surface area contributed by atoms with Gasteiger partial charge < -0.3 is 0 Å². The molecule has 1 saturated heterocycles. The van der Waals surface area contributed by atoms with Crippen LogP contribution in [0.15, 0.2) is 182 Å². The summed E-state index contributed by atoms with van der Waals surface area (Å²) in [4.78, 5) is 0. The first-order valence-electron chi connectivity index (χ1n) is 16.0. The highest BCUT2D eigenvalue weighted by Gasteiger charge is 2.45. The summed E-state index contributed by atoms with van der Waals surface area (Å²) in [5, 5.41) is 8.36. The lowest BCUT2D eigenvalue weighted by atomic mass is 10.2. The maximum Gasteiger partial charge on any atom is 0.0712 e. The second kappa shape index (κ2) is 14.7. The topological polar surface area (TPSA) is 3.24 Å². The standard InChI is InChI=1S/C41H38NP3S/c46-45(40-27-15-5-16-28-40,41-29-17-6-18-30-41)42-32-39(44(37-23-11-3-12-24-37)38-25-13-4-14-26-38)31-34(42)33-43(35-19-7-1-8-20-35)36-21-9-2-10-22-36/h1-30,34,39H,31-33H2/t34-,39-/m0/s1. The Bertz CT molecular complexity index is 1730. The zero-order valence-corrected chi connectivity index (χ0v) is 29.3. The van der Waals surface area contributed by atoms with E-state index >= 15 is 0 Å². The SMILES string of the molecule is S=P(c1ccccc1)(c1ccccc1)N1C[C@@H](P(c2ccccc2)c2ccccc2)C[C@H]1CP(c1ccccc1)c1ccccc1. The molecule has 0 unspecified atom stereocenters.